The molecule has 0 aromatic rings. The molecule has 0 aromatic heterocycles. The first-order chi connectivity index (χ1) is 6.18. The van der Waals surface area contributed by atoms with E-state index in [1.807, 2.05) is 0 Å². The Hall–Kier alpha value is -0.190. The van der Waals surface area contributed by atoms with Crippen molar-refractivity contribution in [2.24, 2.45) is 5.92 Å². The van der Waals surface area contributed by atoms with Crippen molar-refractivity contribution in [2.45, 2.75) is 24.6 Å². The molecule has 4 heteroatoms. The molecule has 2 aliphatic rings. The van der Waals surface area contributed by atoms with Crippen molar-refractivity contribution in [3.05, 3.63) is 0 Å². The maximum absolute atomic E-state index is 13.6. The number of aliphatic hydroxyl groups is 2. The number of rotatable bonds is 3. The minimum atomic E-state index is -1.39. The summed E-state index contributed by atoms with van der Waals surface area (Å²) in [5, 5.41) is 17.7. The molecule has 0 radical (unpaired) electrons. The first kappa shape index (κ1) is 9.37. The Morgan fingerprint density at radius 1 is 1.46 bits per heavy atom. The van der Waals surface area contributed by atoms with Crippen molar-refractivity contribution in [2.75, 3.05) is 26.3 Å². The zero-order chi connectivity index (χ0) is 9.47. The maximum atomic E-state index is 13.6. The second-order valence-electron chi connectivity index (χ2n) is 4.28. The lowest BCUT2D eigenvalue weighted by molar-refractivity contribution is 0.0756. The Morgan fingerprint density at radius 2 is 2.23 bits per heavy atom. The first-order valence-corrected chi connectivity index (χ1v) is 4.83. The highest BCUT2D eigenvalue weighted by atomic mass is 19.1. The highest BCUT2D eigenvalue weighted by Crippen LogP contribution is 2.39. The molecule has 0 spiro atoms. The van der Waals surface area contributed by atoms with Gasteiger partial charge in [-0.1, -0.05) is 0 Å². The predicted octanol–water partition coefficient (Wildman–Crippen LogP) is -0.227. The van der Waals surface area contributed by atoms with Crippen molar-refractivity contribution < 1.29 is 14.6 Å². The minimum absolute atomic E-state index is 0.208. The SMILES string of the molecule is OCC1CC1N1CCC(F)(CO)C1. The van der Waals surface area contributed by atoms with Gasteiger partial charge in [-0.25, -0.2) is 4.39 Å². The van der Waals surface area contributed by atoms with Gasteiger partial charge in [-0.2, -0.15) is 0 Å². The molecule has 1 aliphatic carbocycles. The van der Waals surface area contributed by atoms with E-state index in [0.717, 1.165) is 13.0 Å². The van der Waals surface area contributed by atoms with Crippen molar-refractivity contribution in [3.8, 4) is 0 Å². The van der Waals surface area contributed by atoms with Crippen LogP contribution in [-0.4, -0.2) is 53.1 Å². The lowest BCUT2D eigenvalue weighted by Gasteiger charge is -2.18. The third kappa shape index (κ3) is 1.71. The van der Waals surface area contributed by atoms with Crippen LogP contribution >= 0.6 is 0 Å². The smallest absolute Gasteiger partial charge is 0.147 e. The first-order valence-electron chi connectivity index (χ1n) is 4.83. The van der Waals surface area contributed by atoms with Gasteiger partial charge in [0.2, 0.25) is 0 Å². The van der Waals surface area contributed by atoms with Gasteiger partial charge in [0, 0.05) is 25.7 Å². The molecule has 2 rings (SSSR count). The quantitative estimate of drug-likeness (QED) is 0.644. The lowest BCUT2D eigenvalue weighted by Crippen LogP contribution is -2.34. The molecule has 13 heavy (non-hydrogen) atoms. The molecule has 3 atom stereocenters. The number of hydrogen-bond acceptors (Lipinski definition) is 3. The predicted molar refractivity (Wildman–Crippen MR) is 46.1 cm³/mol. The van der Waals surface area contributed by atoms with Gasteiger partial charge in [-0.3, -0.25) is 4.90 Å². The standard InChI is InChI=1S/C9H16FNO2/c10-9(6-13)1-2-11(5-9)8-3-7(8)4-12/h7-8,12-13H,1-6H2. The van der Waals surface area contributed by atoms with Crippen LogP contribution in [0.25, 0.3) is 0 Å². The Kier molecular flexibility index (Phi) is 2.30. The van der Waals surface area contributed by atoms with Crippen molar-refractivity contribution >= 4 is 0 Å². The van der Waals surface area contributed by atoms with Crippen molar-refractivity contribution in [1.82, 2.24) is 4.90 Å². The van der Waals surface area contributed by atoms with E-state index in [2.05, 4.69) is 4.90 Å². The van der Waals surface area contributed by atoms with E-state index < -0.39 is 5.67 Å². The molecule has 0 aromatic carbocycles. The van der Waals surface area contributed by atoms with Gasteiger partial charge in [0.1, 0.15) is 5.67 Å². The van der Waals surface area contributed by atoms with E-state index >= 15 is 0 Å². The number of nitrogens with zero attached hydrogens (tertiary/aromatic N) is 1. The van der Waals surface area contributed by atoms with Gasteiger partial charge in [-0.15, -0.1) is 0 Å². The van der Waals surface area contributed by atoms with Crippen LogP contribution in [-0.2, 0) is 0 Å². The highest BCUT2D eigenvalue weighted by Gasteiger charge is 2.48. The van der Waals surface area contributed by atoms with E-state index in [9.17, 15) is 4.39 Å². The third-order valence-corrected chi connectivity index (χ3v) is 3.21. The summed E-state index contributed by atoms with van der Waals surface area (Å²) in [6.45, 7) is 0.891. The monoisotopic (exact) mass is 189 g/mol. The Labute approximate surface area is 77.2 Å². The third-order valence-electron chi connectivity index (χ3n) is 3.21. The van der Waals surface area contributed by atoms with Gasteiger partial charge in [-0.05, 0) is 18.8 Å². The van der Waals surface area contributed by atoms with Crippen LogP contribution in [0.1, 0.15) is 12.8 Å². The van der Waals surface area contributed by atoms with Crippen LogP contribution in [0.2, 0.25) is 0 Å². The molecule has 3 unspecified atom stereocenters. The van der Waals surface area contributed by atoms with Gasteiger partial charge in [0.15, 0.2) is 0 Å². The molecule has 1 aliphatic heterocycles. The summed E-state index contributed by atoms with van der Waals surface area (Å²) in [6.07, 6.45) is 1.41. The largest absolute Gasteiger partial charge is 0.396 e. The van der Waals surface area contributed by atoms with Crippen LogP contribution in [0.3, 0.4) is 0 Å². The van der Waals surface area contributed by atoms with E-state index in [1.165, 1.54) is 0 Å². The Morgan fingerprint density at radius 3 is 2.69 bits per heavy atom. The molecule has 0 amide bonds. The molecule has 1 saturated heterocycles. The topological polar surface area (TPSA) is 43.7 Å². The van der Waals surface area contributed by atoms with E-state index in [-0.39, 0.29) is 13.2 Å². The average Bonchev–Trinajstić information content (AvgIpc) is 2.83. The fourth-order valence-electron chi connectivity index (χ4n) is 2.15. The molecule has 3 nitrogen and oxygen atoms in total. The van der Waals surface area contributed by atoms with E-state index in [4.69, 9.17) is 10.2 Å². The van der Waals surface area contributed by atoms with Gasteiger partial charge in [0.05, 0.1) is 6.61 Å². The second kappa shape index (κ2) is 3.19. The molecule has 2 fully saturated rings. The molecular weight excluding hydrogens is 173 g/mol. The number of aliphatic hydroxyl groups excluding tert-OH is 2. The van der Waals surface area contributed by atoms with Crippen LogP contribution in [0.5, 0.6) is 0 Å². The summed E-state index contributed by atoms with van der Waals surface area (Å²) < 4.78 is 13.6. The van der Waals surface area contributed by atoms with Crippen LogP contribution in [0.15, 0.2) is 0 Å². The van der Waals surface area contributed by atoms with Crippen LogP contribution in [0, 0.1) is 5.92 Å². The fourth-order valence-corrected chi connectivity index (χ4v) is 2.15. The van der Waals surface area contributed by atoms with Gasteiger partial charge >= 0.3 is 0 Å². The fraction of sp³-hybridized carbons (Fsp3) is 1.00. The van der Waals surface area contributed by atoms with Crippen molar-refractivity contribution in [3.63, 3.8) is 0 Å². The number of hydrogen-bond donors (Lipinski definition) is 2. The van der Waals surface area contributed by atoms with E-state index in [1.54, 1.807) is 0 Å². The molecule has 0 bridgehead atoms. The van der Waals surface area contributed by atoms with Gasteiger partial charge in [0.25, 0.3) is 0 Å². The number of likely N-dealkylation sites (tertiary alicyclic amines) is 1. The van der Waals surface area contributed by atoms with E-state index in [0.29, 0.717) is 24.9 Å². The molecule has 1 heterocycles. The van der Waals surface area contributed by atoms with Gasteiger partial charge < -0.3 is 10.2 Å². The lowest BCUT2D eigenvalue weighted by atomic mass is 10.1. The summed E-state index contributed by atoms with van der Waals surface area (Å²) in [5.74, 6) is 0.348. The molecule has 76 valence electrons. The van der Waals surface area contributed by atoms with Crippen molar-refractivity contribution in [1.29, 1.82) is 0 Å². The Balaban J connectivity index is 1.86. The minimum Gasteiger partial charge on any atom is -0.396 e. The zero-order valence-corrected chi connectivity index (χ0v) is 7.62. The zero-order valence-electron chi connectivity index (χ0n) is 7.62. The van der Waals surface area contributed by atoms with Crippen LogP contribution < -0.4 is 0 Å². The Bertz CT molecular complexity index is 202. The maximum Gasteiger partial charge on any atom is 0.147 e. The summed E-state index contributed by atoms with van der Waals surface area (Å²) in [7, 11) is 0. The molecule has 2 N–H and O–H groups in total. The molecular formula is C9H16FNO2. The summed E-state index contributed by atoms with van der Waals surface area (Å²) in [4.78, 5) is 2.05. The average molecular weight is 189 g/mol. The molecule has 1 saturated carbocycles. The van der Waals surface area contributed by atoms with Crippen LogP contribution in [0.4, 0.5) is 4.39 Å². The summed E-state index contributed by atoms with van der Waals surface area (Å²) in [5.41, 5.74) is -1.39. The summed E-state index contributed by atoms with van der Waals surface area (Å²) in [6, 6.07) is 0.370. The summed E-state index contributed by atoms with van der Waals surface area (Å²) >= 11 is 0. The highest BCUT2D eigenvalue weighted by molar-refractivity contribution is 5.01. The number of alkyl halides is 1. The second-order valence-corrected chi connectivity index (χ2v) is 4.28. The number of halogens is 1. The normalized spacial score (nSPS) is 45.5.